The number of halogens is 1. The van der Waals surface area contributed by atoms with E-state index in [1.807, 2.05) is 0 Å². The smallest absolute Gasteiger partial charge is 0.277 e. The van der Waals surface area contributed by atoms with Crippen molar-refractivity contribution in [1.82, 2.24) is 19.9 Å². The average molecular weight is 236 g/mol. The van der Waals surface area contributed by atoms with E-state index in [0.29, 0.717) is 5.82 Å². The quantitative estimate of drug-likeness (QED) is 0.845. The van der Waals surface area contributed by atoms with Crippen molar-refractivity contribution in [1.29, 1.82) is 0 Å². The van der Waals surface area contributed by atoms with E-state index >= 15 is 0 Å². The standard InChI is InChI=1S/C9H6ClN5O/c10-7-4-13-6(3-14-7)9(16)15-8-5-11-1-2-12-8/h1-5H,(H,12,15,16). The summed E-state index contributed by atoms with van der Waals surface area (Å²) >= 11 is 5.55. The molecular weight excluding hydrogens is 230 g/mol. The number of carbonyl (C=O) groups excluding carboxylic acids is 1. The molecule has 0 aliphatic heterocycles. The zero-order valence-corrected chi connectivity index (χ0v) is 8.72. The molecule has 0 aliphatic carbocycles. The lowest BCUT2D eigenvalue weighted by atomic mass is 10.4. The van der Waals surface area contributed by atoms with E-state index in [2.05, 4.69) is 25.3 Å². The molecule has 0 aromatic carbocycles. The Bertz CT molecular complexity index is 487. The minimum Gasteiger partial charge on any atom is -0.304 e. The van der Waals surface area contributed by atoms with Gasteiger partial charge in [0.25, 0.3) is 5.91 Å². The van der Waals surface area contributed by atoms with Crippen LogP contribution in [0.15, 0.2) is 31.0 Å². The van der Waals surface area contributed by atoms with Gasteiger partial charge >= 0.3 is 0 Å². The lowest BCUT2D eigenvalue weighted by molar-refractivity contribution is 0.102. The fourth-order valence-electron chi connectivity index (χ4n) is 0.974. The molecule has 0 aliphatic rings. The molecule has 16 heavy (non-hydrogen) atoms. The van der Waals surface area contributed by atoms with Crippen molar-refractivity contribution in [3.8, 4) is 0 Å². The molecule has 2 heterocycles. The Hall–Kier alpha value is -2.08. The van der Waals surface area contributed by atoms with Crippen LogP contribution in [-0.2, 0) is 0 Å². The zero-order chi connectivity index (χ0) is 11.4. The number of rotatable bonds is 2. The van der Waals surface area contributed by atoms with Crippen LogP contribution in [0.25, 0.3) is 0 Å². The Morgan fingerprint density at radius 2 is 2.00 bits per heavy atom. The largest absolute Gasteiger partial charge is 0.304 e. The van der Waals surface area contributed by atoms with Crippen molar-refractivity contribution in [2.24, 2.45) is 0 Å². The van der Waals surface area contributed by atoms with Gasteiger partial charge in [0.2, 0.25) is 0 Å². The first-order chi connectivity index (χ1) is 7.75. The fraction of sp³-hybridized carbons (Fsp3) is 0. The summed E-state index contributed by atoms with van der Waals surface area (Å²) in [5.41, 5.74) is 0.162. The predicted octanol–water partition coefficient (Wildman–Crippen LogP) is 1.17. The van der Waals surface area contributed by atoms with Crippen LogP contribution in [0.4, 0.5) is 5.82 Å². The topological polar surface area (TPSA) is 80.7 Å². The molecule has 0 radical (unpaired) electrons. The molecule has 0 spiro atoms. The third-order valence-corrected chi connectivity index (χ3v) is 1.85. The van der Waals surface area contributed by atoms with Crippen LogP contribution in [0.5, 0.6) is 0 Å². The second-order valence-electron chi connectivity index (χ2n) is 2.77. The Balaban J connectivity index is 2.12. The second kappa shape index (κ2) is 4.63. The summed E-state index contributed by atoms with van der Waals surface area (Å²) in [6.07, 6.45) is 7.00. The molecule has 1 amide bonds. The molecule has 80 valence electrons. The highest BCUT2D eigenvalue weighted by Crippen LogP contribution is 2.04. The van der Waals surface area contributed by atoms with Crippen molar-refractivity contribution in [3.05, 3.63) is 41.8 Å². The molecule has 0 saturated carbocycles. The van der Waals surface area contributed by atoms with Gasteiger partial charge in [0.1, 0.15) is 10.8 Å². The third-order valence-electron chi connectivity index (χ3n) is 1.66. The van der Waals surface area contributed by atoms with E-state index < -0.39 is 5.91 Å². The van der Waals surface area contributed by atoms with E-state index in [1.165, 1.54) is 31.0 Å². The maximum atomic E-state index is 11.6. The second-order valence-corrected chi connectivity index (χ2v) is 3.16. The van der Waals surface area contributed by atoms with Crippen molar-refractivity contribution >= 4 is 23.3 Å². The Labute approximate surface area is 95.7 Å². The maximum Gasteiger partial charge on any atom is 0.277 e. The van der Waals surface area contributed by atoms with Gasteiger partial charge in [-0.2, -0.15) is 0 Å². The van der Waals surface area contributed by atoms with Crippen LogP contribution in [-0.4, -0.2) is 25.8 Å². The summed E-state index contributed by atoms with van der Waals surface area (Å²) in [5.74, 6) is -0.0612. The molecule has 2 aromatic heterocycles. The summed E-state index contributed by atoms with van der Waals surface area (Å²) in [5, 5.41) is 2.75. The van der Waals surface area contributed by atoms with Crippen molar-refractivity contribution in [3.63, 3.8) is 0 Å². The molecule has 1 N–H and O–H groups in total. The van der Waals surface area contributed by atoms with Gasteiger partial charge in [0, 0.05) is 12.4 Å². The zero-order valence-electron chi connectivity index (χ0n) is 7.96. The van der Waals surface area contributed by atoms with Crippen molar-refractivity contribution < 1.29 is 4.79 Å². The number of nitrogens with one attached hydrogen (secondary N) is 1. The van der Waals surface area contributed by atoms with Gasteiger partial charge in [-0.25, -0.2) is 15.0 Å². The number of amides is 1. The van der Waals surface area contributed by atoms with Crippen LogP contribution in [0.1, 0.15) is 10.5 Å². The average Bonchev–Trinajstić information content (AvgIpc) is 2.31. The van der Waals surface area contributed by atoms with Crippen molar-refractivity contribution in [2.45, 2.75) is 0 Å². The van der Waals surface area contributed by atoms with Crippen LogP contribution < -0.4 is 5.32 Å². The molecule has 2 aromatic rings. The lowest BCUT2D eigenvalue weighted by Crippen LogP contribution is -2.14. The van der Waals surface area contributed by atoms with E-state index in [4.69, 9.17) is 11.6 Å². The minimum atomic E-state index is -0.412. The molecule has 0 saturated heterocycles. The first-order valence-electron chi connectivity index (χ1n) is 4.30. The van der Waals surface area contributed by atoms with E-state index in [0.717, 1.165) is 0 Å². The Morgan fingerprint density at radius 3 is 2.62 bits per heavy atom. The summed E-state index contributed by atoms with van der Waals surface area (Å²) in [4.78, 5) is 26.9. The molecule has 6 nitrogen and oxygen atoms in total. The summed E-state index contributed by atoms with van der Waals surface area (Å²) in [7, 11) is 0. The molecule has 2 rings (SSSR count). The fourth-order valence-corrected chi connectivity index (χ4v) is 1.07. The Morgan fingerprint density at radius 1 is 1.12 bits per heavy atom. The van der Waals surface area contributed by atoms with Gasteiger partial charge in [0.15, 0.2) is 5.82 Å². The summed E-state index contributed by atoms with van der Waals surface area (Å²) < 4.78 is 0. The number of aromatic nitrogens is 4. The van der Waals surface area contributed by atoms with Gasteiger partial charge in [-0.05, 0) is 0 Å². The van der Waals surface area contributed by atoms with Gasteiger partial charge in [0.05, 0.1) is 18.6 Å². The van der Waals surface area contributed by atoms with Crippen LogP contribution >= 0.6 is 11.6 Å². The number of anilines is 1. The van der Waals surface area contributed by atoms with Gasteiger partial charge in [-0.3, -0.25) is 9.78 Å². The van der Waals surface area contributed by atoms with E-state index in [9.17, 15) is 4.79 Å². The minimum absolute atomic E-state index is 0.162. The molecular formula is C9H6ClN5O. The molecule has 0 bridgehead atoms. The van der Waals surface area contributed by atoms with Crippen molar-refractivity contribution in [2.75, 3.05) is 5.32 Å². The number of carbonyl (C=O) groups is 1. The summed E-state index contributed by atoms with van der Waals surface area (Å²) in [6, 6.07) is 0. The van der Waals surface area contributed by atoms with Crippen LogP contribution in [0.2, 0.25) is 5.15 Å². The van der Waals surface area contributed by atoms with Gasteiger partial charge < -0.3 is 5.32 Å². The first-order valence-corrected chi connectivity index (χ1v) is 4.68. The van der Waals surface area contributed by atoms with Crippen LogP contribution in [0, 0.1) is 0 Å². The predicted molar refractivity (Wildman–Crippen MR) is 57.0 cm³/mol. The van der Waals surface area contributed by atoms with E-state index in [1.54, 1.807) is 0 Å². The highest BCUT2D eigenvalue weighted by molar-refractivity contribution is 6.29. The summed E-state index contributed by atoms with van der Waals surface area (Å²) in [6.45, 7) is 0. The SMILES string of the molecule is O=C(Nc1cnccn1)c1cnc(Cl)cn1. The first kappa shape index (κ1) is 10.4. The normalized spacial score (nSPS) is 9.81. The number of nitrogens with zero attached hydrogens (tertiary/aromatic N) is 4. The molecule has 0 fully saturated rings. The highest BCUT2D eigenvalue weighted by atomic mass is 35.5. The van der Waals surface area contributed by atoms with E-state index in [-0.39, 0.29) is 10.8 Å². The van der Waals surface area contributed by atoms with Gasteiger partial charge in [-0.15, -0.1) is 0 Å². The molecule has 0 unspecified atom stereocenters. The third kappa shape index (κ3) is 2.48. The number of hydrogen-bond acceptors (Lipinski definition) is 5. The highest BCUT2D eigenvalue weighted by Gasteiger charge is 2.08. The number of hydrogen-bond donors (Lipinski definition) is 1. The molecule has 0 atom stereocenters. The maximum absolute atomic E-state index is 11.6. The van der Waals surface area contributed by atoms with Gasteiger partial charge in [-0.1, -0.05) is 11.6 Å². The lowest BCUT2D eigenvalue weighted by Gasteiger charge is -2.01. The Kier molecular flexibility index (Phi) is 3.02. The van der Waals surface area contributed by atoms with Crippen LogP contribution in [0.3, 0.4) is 0 Å². The molecule has 7 heteroatoms. The monoisotopic (exact) mass is 235 g/mol.